The van der Waals surface area contributed by atoms with Gasteiger partial charge in [-0.05, 0) is 70.0 Å². The molecule has 2 heterocycles. The van der Waals surface area contributed by atoms with Crippen molar-refractivity contribution in [2.45, 2.75) is 45.8 Å². The molecule has 0 radical (unpaired) electrons. The van der Waals surface area contributed by atoms with Gasteiger partial charge in [-0.3, -0.25) is 9.80 Å². The molecule has 9 heteroatoms. The van der Waals surface area contributed by atoms with E-state index in [0.29, 0.717) is 30.0 Å². The molecular formula is C23H24ClFN4O3. The van der Waals surface area contributed by atoms with Crippen LogP contribution in [0.1, 0.15) is 45.1 Å². The largest absolute Gasteiger partial charge is 0.444 e. The highest BCUT2D eigenvalue weighted by Crippen LogP contribution is 2.30. The van der Waals surface area contributed by atoms with Crippen LogP contribution in [0, 0.1) is 5.82 Å². The molecule has 1 aliphatic heterocycles. The van der Waals surface area contributed by atoms with Crippen molar-refractivity contribution in [3.8, 4) is 0 Å². The second-order valence-corrected chi connectivity index (χ2v) is 9.14. The van der Waals surface area contributed by atoms with Crippen molar-refractivity contribution in [1.82, 2.24) is 15.0 Å². The first-order chi connectivity index (χ1) is 15.0. The van der Waals surface area contributed by atoms with Crippen LogP contribution >= 0.6 is 11.6 Å². The average Bonchev–Trinajstić information content (AvgIpc) is 3.08. The number of alkyl carbamates (subject to hydrolysis) is 1. The summed E-state index contributed by atoms with van der Waals surface area (Å²) in [6.45, 7) is 7.47. The molecule has 32 heavy (non-hydrogen) atoms. The third-order valence-electron chi connectivity index (χ3n) is 5.12. The number of ether oxygens (including phenoxy) is 1. The van der Waals surface area contributed by atoms with Gasteiger partial charge in [-0.15, -0.1) is 0 Å². The number of anilines is 1. The van der Waals surface area contributed by atoms with Crippen LogP contribution in [-0.4, -0.2) is 27.9 Å². The standard InChI is InChI=1S/C23H24ClFN4O3/c1-13(26-22(31)32-23(2,3)4)20-27-17-7-5-6-16(24)19(17)21(30)29(20)28-11-10-14-12-15(25)8-9-18(14)28/h5-9,12-13H,10-11H2,1-4H3,(H,26,31). The Morgan fingerprint density at radius 2 is 2.03 bits per heavy atom. The van der Waals surface area contributed by atoms with Gasteiger partial charge in [0.2, 0.25) is 0 Å². The molecule has 0 spiro atoms. The Hall–Kier alpha value is -3.13. The average molecular weight is 459 g/mol. The fourth-order valence-electron chi connectivity index (χ4n) is 3.82. The van der Waals surface area contributed by atoms with E-state index in [-0.39, 0.29) is 21.8 Å². The van der Waals surface area contributed by atoms with Gasteiger partial charge in [-0.1, -0.05) is 17.7 Å². The number of hydrogen-bond donors (Lipinski definition) is 1. The molecule has 4 rings (SSSR count). The van der Waals surface area contributed by atoms with Crippen LogP contribution in [0.4, 0.5) is 14.9 Å². The molecule has 0 fully saturated rings. The van der Waals surface area contributed by atoms with Gasteiger partial charge in [0, 0.05) is 6.54 Å². The number of carbonyl (C=O) groups excluding carboxylic acids is 1. The fourth-order valence-corrected chi connectivity index (χ4v) is 4.07. The molecule has 1 atom stereocenters. The monoisotopic (exact) mass is 458 g/mol. The van der Waals surface area contributed by atoms with E-state index < -0.39 is 17.7 Å². The maximum atomic E-state index is 13.7. The van der Waals surface area contributed by atoms with Crippen LogP contribution < -0.4 is 15.9 Å². The minimum Gasteiger partial charge on any atom is -0.444 e. The number of nitrogens with zero attached hydrogens (tertiary/aromatic N) is 3. The Balaban J connectivity index is 1.86. The maximum absolute atomic E-state index is 13.7. The van der Waals surface area contributed by atoms with Gasteiger partial charge in [0.05, 0.1) is 27.7 Å². The number of rotatable bonds is 3. The Kier molecular flexibility index (Phi) is 5.58. The third-order valence-corrected chi connectivity index (χ3v) is 5.44. The number of halogens is 2. The van der Waals surface area contributed by atoms with Crippen LogP contribution in [0.25, 0.3) is 10.9 Å². The lowest BCUT2D eigenvalue weighted by molar-refractivity contribution is 0.0504. The van der Waals surface area contributed by atoms with Crippen molar-refractivity contribution < 1.29 is 13.9 Å². The summed E-state index contributed by atoms with van der Waals surface area (Å²) in [5, 5.41) is 5.06. The van der Waals surface area contributed by atoms with E-state index in [9.17, 15) is 14.0 Å². The number of fused-ring (bicyclic) bond motifs is 2. The Morgan fingerprint density at radius 3 is 2.75 bits per heavy atom. The van der Waals surface area contributed by atoms with E-state index in [0.717, 1.165) is 5.56 Å². The second-order valence-electron chi connectivity index (χ2n) is 8.74. The van der Waals surface area contributed by atoms with Crippen molar-refractivity contribution in [3.05, 3.63) is 69.0 Å². The first-order valence-corrected chi connectivity index (χ1v) is 10.7. The van der Waals surface area contributed by atoms with Gasteiger partial charge < -0.3 is 10.1 Å². The van der Waals surface area contributed by atoms with Gasteiger partial charge in [-0.2, -0.15) is 4.68 Å². The predicted molar refractivity (Wildman–Crippen MR) is 122 cm³/mol. The van der Waals surface area contributed by atoms with Gasteiger partial charge in [0.1, 0.15) is 11.4 Å². The molecule has 1 aromatic heterocycles. The fraction of sp³-hybridized carbons (Fsp3) is 0.348. The molecular weight excluding hydrogens is 435 g/mol. The summed E-state index contributed by atoms with van der Waals surface area (Å²) < 4.78 is 20.5. The van der Waals surface area contributed by atoms with Gasteiger partial charge in [0.25, 0.3) is 5.56 Å². The van der Waals surface area contributed by atoms with Crippen molar-refractivity contribution >= 4 is 34.3 Å². The second kappa shape index (κ2) is 8.09. The summed E-state index contributed by atoms with van der Waals surface area (Å²) in [5.74, 6) is -0.0226. The van der Waals surface area contributed by atoms with Crippen molar-refractivity contribution in [2.24, 2.45) is 0 Å². The van der Waals surface area contributed by atoms with Crippen LogP contribution in [0.2, 0.25) is 5.02 Å². The van der Waals surface area contributed by atoms with Gasteiger partial charge >= 0.3 is 6.09 Å². The number of hydrogen-bond acceptors (Lipinski definition) is 5. The van der Waals surface area contributed by atoms with Gasteiger partial charge in [0.15, 0.2) is 5.82 Å². The highest BCUT2D eigenvalue weighted by molar-refractivity contribution is 6.35. The van der Waals surface area contributed by atoms with Crippen molar-refractivity contribution in [3.63, 3.8) is 0 Å². The number of nitrogens with one attached hydrogen (secondary N) is 1. The normalized spacial score (nSPS) is 14.4. The highest BCUT2D eigenvalue weighted by Gasteiger charge is 2.29. The number of benzene rings is 2. The van der Waals surface area contributed by atoms with Crippen molar-refractivity contribution in [1.29, 1.82) is 0 Å². The maximum Gasteiger partial charge on any atom is 0.408 e. The van der Waals surface area contributed by atoms with E-state index >= 15 is 0 Å². The van der Waals surface area contributed by atoms with E-state index in [2.05, 4.69) is 10.3 Å². The lowest BCUT2D eigenvalue weighted by Crippen LogP contribution is -2.43. The molecule has 1 N–H and O–H groups in total. The zero-order chi connectivity index (χ0) is 23.2. The quantitative estimate of drug-likeness (QED) is 0.620. The Bertz CT molecular complexity index is 1270. The molecule has 7 nitrogen and oxygen atoms in total. The topological polar surface area (TPSA) is 76.5 Å². The molecule has 1 amide bonds. The first kappa shape index (κ1) is 22.1. The highest BCUT2D eigenvalue weighted by atomic mass is 35.5. The number of aromatic nitrogens is 2. The Labute approximate surface area is 189 Å². The summed E-state index contributed by atoms with van der Waals surface area (Å²) in [6, 6.07) is 8.83. The third kappa shape index (κ3) is 4.14. The lowest BCUT2D eigenvalue weighted by Gasteiger charge is -2.28. The molecule has 0 saturated heterocycles. The molecule has 168 valence electrons. The Morgan fingerprint density at radius 1 is 1.28 bits per heavy atom. The minimum atomic E-state index is -0.675. The van der Waals surface area contributed by atoms with Crippen LogP contribution in [0.5, 0.6) is 0 Å². The predicted octanol–water partition coefficient (Wildman–Crippen LogP) is 4.60. The minimum absolute atomic E-state index is 0.276. The van der Waals surface area contributed by atoms with E-state index in [4.69, 9.17) is 16.3 Å². The first-order valence-electron chi connectivity index (χ1n) is 10.3. The van der Waals surface area contributed by atoms with Gasteiger partial charge in [-0.25, -0.2) is 14.2 Å². The van der Waals surface area contributed by atoms with Crippen LogP contribution in [-0.2, 0) is 11.2 Å². The summed E-state index contributed by atoms with van der Waals surface area (Å²) in [6.07, 6.45) is -0.0613. The van der Waals surface area contributed by atoms with E-state index in [1.165, 1.54) is 16.8 Å². The molecule has 0 saturated carbocycles. The van der Waals surface area contributed by atoms with Crippen LogP contribution in [0.3, 0.4) is 0 Å². The summed E-state index contributed by atoms with van der Waals surface area (Å²) >= 11 is 6.34. The molecule has 1 unspecified atom stereocenters. The SMILES string of the molecule is CC(NC(=O)OC(C)(C)C)c1nc2cccc(Cl)c2c(=O)n1N1CCc2cc(F)ccc21. The van der Waals surface area contributed by atoms with E-state index in [1.54, 1.807) is 57.0 Å². The zero-order valence-electron chi connectivity index (χ0n) is 18.3. The van der Waals surface area contributed by atoms with E-state index in [1.807, 2.05) is 0 Å². The molecule has 2 aromatic carbocycles. The summed E-state index contributed by atoms with van der Waals surface area (Å²) in [7, 11) is 0. The molecule has 1 aliphatic rings. The molecule has 0 aliphatic carbocycles. The summed E-state index contributed by atoms with van der Waals surface area (Å²) in [5.41, 5.74) is 0.865. The smallest absolute Gasteiger partial charge is 0.408 e. The summed E-state index contributed by atoms with van der Waals surface area (Å²) in [4.78, 5) is 30.7. The van der Waals surface area contributed by atoms with Crippen molar-refractivity contribution in [2.75, 3.05) is 11.6 Å². The van der Waals surface area contributed by atoms with Crippen LogP contribution in [0.15, 0.2) is 41.2 Å². The zero-order valence-corrected chi connectivity index (χ0v) is 19.0. The number of amides is 1. The molecule has 0 bridgehead atoms. The molecule has 3 aromatic rings. The number of carbonyl (C=O) groups is 1. The lowest BCUT2D eigenvalue weighted by atomic mass is 10.2.